The Hall–Kier alpha value is -1.46. The first-order valence-electron chi connectivity index (χ1n) is 16.9. The van der Waals surface area contributed by atoms with Gasteiger partial charge in [0.2, 0.25) is 0 Å². The Bertz CT molecular complexity index is 530. The first-order chi connectivity index (χ1) is 19.1. The predicted molar refractivity (Wildman–Crippen MR) is 165 cm³/mol. The minimum absolute atomic E-state index is 0.304. The highest BCUT2D eigenvalue weighted by atomic mass is 16.6. The van der Waals surface area contributed by atoms with Crippen LogP contribution in [0.2, 0.25) is 0 Å². The first-order valence-corrected chi connectivity index (χ1v) is 16.9. The molecule has 2 amide bonds. The van der Waals surface area contributed by atoms with Crippen molar-refractivity contribution in [1.29, 1.82) is 0 Å². The molecule has 0 aliphatic rings. The molecular formula is C33H66N2O4. The van der Waals surface area contributed by atoms with Crippen LogP contribution in [0.25, 0.3) is 0 Å². The molecular weight excluding hydrogens is 488 g/mol. The van der Waals surface area contributed by atoms with Crippen molar-refractivity contribution in [2.75, 3.05) is 26.3 Å². The molecule has 0 radical (unpaired) electrons. The number of ether oxygens (including phenoxy) is 2. The van der Waals surface area contributed by atoms with E-state index >= 15 is 0 Å². The molecule has 0 rings (SSSR count). The van der Waals surface area contributed by atoms with E-state index in [-0.39, 0.29) is 12.2 Å². The van der Waals surface area contributed by atoms with Gasteiger partial charge in [0.1, 0.15) is 0 Å². The Morgan fingerprint density at radius 3 is 1.33 bits per heavy atom. The number of nitrogens with one attached hydrogen (secondary N) is 2. The second-order valence-corrected chi connectivity index (χ2v) is 11.6. The smallest absolute Gasteiger partial charge is 0.407 e. The van der Waals surface area contributed by atoms with Crippen molar-refractivity contribution in [3.63, 3.8) is 0 Å². The molecule has 6 heteroatoms. The molecule has 0 saturated heterocycles. The third-order valence-electron chi connectivity index (χ3n) is 7.42. The second-order valence-electron chi connectivity index (χ2n) is 11.6. The van der Waals surface area contributed by atoms with Crippen LogP contribution in [0.5, 0.6) is 0 Å². The van der Waals surface area contributed by atoms with E-state index in [0.717, 1.165) is 32.1 Å². The molecule has 232 valence electrons. The van der Waals surface area contributed by atoms with Crippen molar-refractivity contribution < 1.29 is 19.1 Å². The van der Waals surface area contributed by atoms with Crippen LogP contribution in [0, 0.1) is 5.92 Å². The van der Waals surface area contributed by atoms with Crippen molar-refractivity contribution in [2.45, 2.75) is 168 Å². The molecule has 1 unspecified atom stereocenters. The van der Waals surface area contributed by atoms with Crippen molar-refractivity contribution in [2.24, 2.45) is 5.92 Å². The molecule has 6 nitrogen and oxygen atoms in total. The van der Waals surface area contributed by atoms with Gasteiger partial charge in [-0.25, -0.2) is 9.59 Å². The lowest BCUT2D eigenvalue weighted by Gasteiger charge is -2.13. The lowest BCUT2D eigenvalue weighted by molar-refractivity contribution is 0.124. The average molecular weight is 555 g/mol. The number of hydrogen-bond donors (Lipinski definition) is 2. The largest absolute Gasteiger partial charge is 0.450 e. The SMILES string of the molecule is CCCCCCCCCCCCNC(=O)OCCCCC(C)COC(=O)NCCCCCCCCCCCC. The number of carbonyl (C=O) groups is 2. The summed E-state index contributed by atoms with van der Waals surface area (Å²) in [7, 11) is 0. The van der Waals surface area contributed by atoms with E-state index in [9.17, 15) is 9.59 Å². The Morgan fingerprint density at radius 1 is 0.513 bits per heavy atom. The summed E-state index contributed by atoms with van der Waals surface area (Å²) >= 11 is 0. The van der Waals surface area contributed by atoms with Gasteiger partial charge >= 0.3 is 12.2 Å². The Morgan fingerprint density at radius 2 is 0.897 bits per heavy atom. The molecule has 1 atom stereocenters. The maximum Gasteiger partial charge on any atom is 0.407 e. The van der Waals surface area contributed by atoms with Crippen molar-refractivity contribution in [3.8, 4) is 0 Å². The number of rotatable bonds is 29. The van der Waals surface area contributed by atoms with Crippen LogP contribution in [0.4, 0.5) is 9.59 Å². The minimum atomic E-state index is -0.305. The van der Waals surface area contributed by atoms with Gasteiger partial charge in [-0.3, -0.25) is 0 Å². The standard InChI is InChI=1S/C33H66N2O4/c1-4-6-8-10-12-14-16-18-20-23-27-34-32(36)38-29-25-22-26-31(3)30-39-33(37)35-28-24-21-19-17-15-13-11-9-7-5-2/h31H,4-30H2,1-3H3,(H,34,36)(H,35,37). The average Bonchev–Trinajstić information content (AvgIpc) is 2.93. The monoisotopic (exact) mass is 555 g/mol. The Balaban J connectivity index is 3.38. The zero-order valence-electron chi connectivity index (χ0n) is 26.3. The third-order valence-corrected chi connectivity index (χ3v) is 7.42. The Kier molecular flexibility index (Phi) is 29.9. The molecule has 0 spiro atoms. The van der Waals surface area contributed by atoms with E-state index in [1.165, 1.54) is 116 Å². The summed E-state index contributed by atoms with van der Waals surface area (Å²) < 4.78 is 10.6. The van der Waals surface area contributed by atoms with Crippen molar-refractivity contribution in [1.82, 2.24) is 10.6 Å². The number of alkyl carbamates (subject to hydrolysis) is 2. The molecule has 0 aromatic rings. The van der Waals surface area contributed by atoms with Crippen molar-refractivity contribution in [3.05, 3.63) is 0 Å². The van der Waals surface area contributed by atoms with Gasteiger partial charge < -0.3 is 20.1 Å². The van der Waals surface area contributed by atoms with Crippen LogP contribution in [0.15, 0.2) is 0 Å². The van der Waals surface area contributed by atoms with Gasteiger partial charge in [-0.05, 0) is 38.0 Å². The fourth-order valence-electron chi connectivity index (χ4n) is 4.77. The molecule has 39 heavy (non-hydrogen) atoms. The lowest BCUT2D eigenvalue weighted by Crippen LogP contribution is -2.27. The van der Waals surface area contributed by atoms with E-state index in [1.807, 2.05) is 0 Å². The topological polar surface area (TPSA) is 76.7 Å². The fourth-order valence-corrected chi connectivity index (χ4v) is 4.77. The fraction of sp³-hybridized carbons (Fsp3) is 0.939. The summed E-state index contributed by atoms with van der Waals surface area (Å²) in [5.74, 6) is 0.304. The highest BCUT2D eigenvalue weighted by Crippen LogP contribution is 2.12. The van der Waals surface area contributed by atoms with Gasteiger partial charge in [-0.1, -0.05) is 136 Å². The molecule has 2 N–H and O–H groups in total. The van der Waals surface area contributed by atoms with E-state index in [0.29, 0.717) is 32.2 Å². The molecule has 0 heterocycles. The summed E-state index contributed by atoms with van der Waals surface area (Å²) in [6.45, 7) is 8.88. The molecule has 0 aliphatic carbocycles. The van der Waals surface area contributed by atoms with E-state index in [2.05, 4.69) is 31.4 Å². The third kappa shape index (κ3) is 30.9. The second kappa shape index (κ2) is 31.1. The molecule has 0 aromatic heterocycles. The number of amides is 2. The van der Waals surface area contributed by atoms with E-state index < -0.39 is 0 Å². The van der Waals surface area contributed by atoms with Crippen molar-refractivity contribution >= 4 is 12.2 Å². The predicted octanol–water partition coefficient (Wildman–Crippen LogP) is 10.1. The summed E-state index contributed by atoms with van der Waals surface area (Å²) in [5, 5.41) is 5.72. The van der Waals surface area contributed by atoms with Gasteiger partial charge in [0.05, 0.1) is 13.2 Å². The number of carbonyl (C=O) groups excluding carboxylic acids is 2. The van der Waals surface area contributed by atoms with Crippen LogP contribution in [0.3, 0.4) is 0 Å². The summed E-state index contributed by atoms with van der Waals surface area (Å²) in [6.07, 6.45) is 28.0. The normalized spacial score (nSPS) is 11.8. The molecule has 0 bridgehead atoms. The van der Waals surface area contributed by atoms with Crippen LogP contribution < -0.4 is 10.6 Å². The van der Waals surface area contributed by atoms with Gasteiger partial charge in [0.25, 0.3) is 0 Å². The highest BCUT2D eigenvalue weighted by molar-refractivity contribution is 5.67. The van der Waals surface area contributed by atoms with Crippen LogP contribution in [-0.2, 0) is 9.47 Å². The van der Waals surface area contributed by atoms with Gasteiger partial charge in [0.15, 0.2) is 0 Å². The highest BCUT2D eigenvalue weighted by Gasteiger charge is 2.08. The maximum absolute atomic E-state index is 11.9. The van der Waals surface area contributed by atoms with Gasteiger partial charge in [-0.15, -0.1) is 0 Å². The summed E-state index contributed by atoms with van der Waals surface area (Å²) in [4.78, 5) is 23.7. The maximum atomic E-state index is 11.9. The Labute approximate surface area is 242 Å². The summed E-state index contributed by atoms with van der Waals surface area (Å²) in [5.41, 5.74) is 0. The van der Waals surface area contributed by atoms with Crippen LogP contribution >= 0.6 is 0 Å². The number of unbranched alkanes of at least 4 members (excludes halogenated alkanes) is 19. The van der Waals surface area contributed by atoms with Crippen LogP contribution in [-0.4, -0.2) is 38.5 Å². The molecule has 0 aromatic carbocycles. The van der Waals surface area contributed by atoms with Crippen LogP contribution in [0.1, 0.15) is 168 Å². The van der Waals surface area contributed by atoms with E-state index in [4.69, 9.17) is 9.47 Å². The quantitative estimate of drug-likeness (QED) is 0.0902. The van der Waals surface area contributed by atoms with Gasteiger partial charge in [0, 0.05) is 13.1 Å². The zero-order valence-corrected chi connectivity index (χ0v) is 26.3. The molecule has 0 saturated carbocycles. The van der Waals surface area contributed by atoms with E-state index in [1.54, 1.807) is 0 Å². The molecule has 0 aliphatic heterocycles. The molecule has 0 fully saturated rings. The van der Waals surface area contributed by atoms with Gasteiger partial charge in [-0.2, -0.15) is 0 Å². The minimum Gasteiger partial charge on any atom is -0.450 e. The zero-order chi connectivity index (χ0) is 28.7. The first kappa shape index (κ1) is 37.5. The number of hydrogen-bond acceptors (Lipinski definition) is 4. The summed E-state index contributed by atoms with van der Waals surface area (Å²) in [6, 6.07) is 0. The lowest BCUT2D eigenvalue weighted by atomic mass is 10.1.